The monoisotopic (exact) mass is 252 g/mol. The van der Waals surface area contributed by atoms with Crippen LogP contribution >= 0.6 is 0 Å². The van der Waals surface area contributed by atoms with E-state index in [9.17, 15) is 14.4 Å². The average molecular weight is 252 g/mol. The Bertz CT molecular complexity index is 418. The van der Waals surface area contributed by atoms with Crippen molar-refractivity contribution >= 4 is 17.8 Å². The first-order chi connectivity index (χ1) is 8.58. The lowest BCUT2D eigenvalue weighted by Crippen LogP contribution is -2.42. The minimum Gasteiger partial charge on any atom is -0.481 e. The predicted octanol–water partition coefficient (Wildman–Crippen LogP) is -0.317. The van der Waals surface area contributed by atoms with E-state index < -0.39 is 17.9 Å². The Morgan fingerprint density at radius 1 is 1.22 bits per heavy atom. The van der Waals surface area contributed by atoms with Gasteiger partial charge in [0.2, 0.25) is 11.8 Å². The number of rotatable bonds is 3. The number of carbonyl (C=O) groups is 3. The van der Waals surface area contributed by atoms with Crippen LogP contribution in [0.2, 0.25) is 0 Å². The Labute approximate surface area is 105 Å². The summed E-state index contributed by atoms with van der Waals surface area (Å²) >= 11 is 0. The molecule has 18 heavy (non-hydrogen) atoms. The van der Waals surface area contributed by atoms with E-state index in [-0.39, 0.29) is 24.3 Å². The maximum Gasteiger partial charge on any atom is 0.307 e. The Balaban J connectivity index is 1.69. The third kappa shape index (κ3) is 1.80. The van der Waals surface area contributed by atoms with Gasteiger partial charge in [0, 0.05) is 12.6 Å². The fourth-order valence-corrected chi connectivity index (χ4v) is 2.91. The van der Waals surface area contributed by atoms with E-state index in [1.54, 1.807) is 0 Å². The van der Waals surface area contributed by atoms with Crippen LogP contribution in [0.5, 0.6) is 0 Å². The zero-order valence-corrected chi connectivity index (χ0v) is 10.0. The van der Waals surface area contributed by atoms with Gasteiger partial charge in [-0.05, 0) is 25.8 Å². The highest BCUT2D eigenvalue weighted by Crippen LogP contribution is 2.34. The van der Waals surface area contributed by atoms with Crippen molar-refractivity contribution in [2.45, 2.75) is 37.8 Å². The highest BCUT2D eigenvalue weighted by molar-refractivity contribution is 6.06. The molecule has 0 aromatic heterocycles. The molecule has 0 radical (unpaired) electrons. The maximum absolute atomic E-state index is 12.2. The largest absolute Gasteiger partial charge is 0.481 e. The molecular formula is C12H16N2O4. The summed E-state index contributed by atoms with van der Waals surface area (Å²) in [6, 6.07) is -0.296. The first kappa shape index (κ1) is 11.6. The number of hydrogen-bond donors (Lipinski definition) is 1. The van der Waals surface area contributed by atoms with Gasteiger partial charge in [0.1, 0.15) is 0 Å². The van der Waals surface area contributed by atoms with Crippen LogP contribution in [0.25, 0.3) is 0 Å². The second-order valence-electron chi connectivity index (χ2n) is 5.37. The number of imide groups is 1. The fourth-order valence-electron chi connectivity index (χ4n) is 2.91. The second-order valence-corrected chi connectivity index (χ2v) is 5.37. The highest BCUT2D eigenvalue weighted by atomic mass is 16.4. The normalized spacial score (nSPS) is 33.4. The van der Waals surface area contributed by atoms with E-state index in [4.69, 9.17) is 5.11 Å². The number of hydrogen-bond acceptors (Lipinski definition) is 4. The number of likely N-dealkylation sites (tertiary alicyclic amines) is 2. The van der Waals surface area contributed by atoms with Gasteiger partial charge in [-0.1, -0.05) is 0 Å². The van der Waals surface area contributed by atoms with E-state index in [0.717, 1.165) is 12.8 Å². The third-order valence-electron chi connectivity index (χ3n) is 4.08. The number of carboxylic acid groups (broad SMARTS) is 1. The molecule has 0 spiro atoms. The van der Waals surface area contributed by atoms with Gasteiger partial charge in [-0.25, -0.2) is 0 Å². The van der Waals surface area contributed by atoms with Crippen LogP contribution in [0.3, 0.4) is 0 Å². The Morgan fingerprint density at radius 3 is 2.50 bits per heavy atom. The number of carbonyl (C=O) groups excluding carboxylic acids is 2. The fraction of sp³-hybridized carbons (Fsp3) is 0.750. The van der Waals surface area contributed by atoms with E-state index >= 15 is 0 Å². The molecule has 1 saturated carbocycles. The molecule has 3 rings (SSSR count). The van der Waals surface area contributed by atoms with Crippen LogP contribution in [0.4, 0.5) is 0 Å². The molecule has 0 aromatic rings. The molecule has 0 aromatic carbocycles. The first-order valence-electron chi connectivity index (χ1n) is 6.40. The van der Waals surface area contributed by atoms with Crippen LogP contribution in [-0.4, -0.2) is 57.9 Å². The van der Waals surface area contributed by atoms with Gasteiger partial charge in [-0.3, -0.25) is 24.2 Å². The summed E-state index contributed by atoms with van der Waals surface area (Å²) in [5.74, 6) is -1.42. The number of nitrogens with zero attached hydrogens (tertiary/aromatic N) is 2. The Hall–Kier alpha value is -1.43. The van der Waals surface area contributed by atoms with Gasteiger partial charge < -0.3 is 5.11 Å². The van der Waals surface area contributed by atoms with E-state index in [1.807, 2.05) is 4.90 Å². The molecule has 0 bridgehead atoms. The number of amides is 2. The number of carboxylic acids is 1. The summed E-state index contributed by atoms with van der Waals surface area (Å²) in [6.07, 6.45) is 2.63. The standard InChI is InChI=1S/C12H16N2O4/c15-10-5-9(11(16)14(10)8-1-2-8)13-4-3-7(6-13)12(17)18/h7-9H,1-6H2,(H,17,18). The van der Waals surface area contributed by atoms with Crippen LogP contribution < -0.4 is 0 Å². The van der Waals surface area contributed by atoms with Gasteiger partial charge in [-0.15, -0.1) is 0 Å². The molecule has 3 fully saturated rings. The molecule has 2 amide bonds. The van der Waals surface area contributed by atoms with Gasteiger partial charge in [0.25, 0.3) is 0 Å². The van der Waals surface area contributed by atoms with Crippen LogP contribution in [0.1, 0.15) is 25.7 Å². The van der Waals surface area contributed by atoms with E-state index in [2.05, 4.69) is 0 Å². The maximum atomic E-state index is 12.2. The molecular weight excluding hydrogens is 236 g/mol. The van der Waals surface area contributed by atoms with Crippen molar-refractivity contribution in [1.29, 1.82) is 0 Å². The van der Waals surface area contributed by atoms with Gasteiger partial charge in [0.05, 0.1) is 18.4 Å². The molecule has 2 heterocycles. The van der Waals surface area contributed by atoms with Gasteiger partial charge >= 0.3 is 5.97 Å². The van der Waals surface area contributed by atoms with Crippen molar-refractivity contribution in [3.05, 3.63) is 0 Å². The quantitative estimate of drug-likeness (QED) is 0.697. The average Bonchev–Trinajstić information content (AvgIpc) is 2.92. The summed E-state index contributed by atoms with van der Waals surface area (Å²) in [5, 5.41) is 8.95. The molecule has 6 heteroatoms. The Kier molecular flexibility index (Phi) is 2.62. The summed E-state index contributed by atoms with van der Waals surface area (Å²) < 4.78 is 0. The molecule has 3 aliphatic rings. The SMILES string of the molecule is O=C(O)C1CCN(C2CC(=O)N(C3CC3)C2=O)C1. The van der Waals surface area contributed by atoms with Crippen molar-refractivity contribution in [3.63, 3.8) is 0 Å². The zero-order valence-electron chi connectivity index (χ0n) is 10.0. The Morgan fingerprint density at radius 2 is 1.94 bits per heavy atom. The summed E-state index contributed by atoms with van der Waals surface area (Å²) in [4.78, 5) is 38.2. The molecule has 6 nitrogen and oxygen atoms in total. The van der Waals surface area contributed by atoms with E-state index in [0.29, 0.717) is 19.5 Å². The molecule has 2 atom stereocenters. The zero-order chi connectivity index (χ0) is 12.9. The van der Waals surface area contributed by atoms with Gasteiger partial charge in [-0.2, -0.15) is 0 Å². The van der Waals surface area contributed by atoms with Crippen molar-refractivity contribution in [1.82, 2.24) is 9.80 Å². The molecule has 98 valence electrons. The second kappa shape index (κ2) is 4.05. The van der Waals surface area contributed by atoms with E-state index in [1.165, 1.54) is 4.90 Å². The van der Waals surface area contributed by atoms with Crippen LogP contribution in [-0.2, 0) is 14.4 Å². The lowest BCUT2D eigenvalue weighted by molar-refractivity contribution is -0.143. The summed E-state index contributed by atoms with van der Waals surface area (Å²) in [7, 11) is 0. The minimum atomic E-state index is -0.812. The van der Waals surface area contributed by atoms with Gasteiger partial charge in [0.15, 0.2) is 0 Å². The van der Waals surface area contributed by atoms with Crippen LogP contribution in [0.15, 0.2) is 0 Å². The number of aliphatic carboxylic acids is 1. The van der Waals surface area contributed by atoms with Crippen molar-refractivity contribution < 1.29 is 19.5 Å². The smallest absolute Gasteiger partial charge is 0.307 e. The summed E-state index contributed by atoms with van der Waals surface area (Å²) in [6.45, 7) is 0.983. The molecule has 1 aliphatic carbocycles. The van der Waals surface area contributed by atoms with Crippen molar-refractivity contribution in [3.8, 4) is 0 Å². The minimum absolute atomic E-state index is 0.0914. The molecule has 1 N–H and O–H groups in total. The third-order valence-corrected chi connectivity index (χ3v) is 4.08. The lowest BCUT2D eigenvalue weighted by atomic mass is 10.1. The molecule has 2 aliphatic heterocycles. The molecule has 2 unspecified atom stereocenters. The van der Waals surface area contributed by atoms with Crippen molar-refractivity contribution in [2.75, 3.05) is 13.1 Å². The first-order valence-corrected chi connectivity index (χ1v) is 6.40. The predicted molar refractivity (Wildman–Crippen MR) is 60.6 cm³/mol. The van der Waals surface area contributed by atoms with Crippen molar-refractivity contribution in [2.24, 2.45) is 5.92 Å². The lowest BCUT2D eigenvalue weighted by Gasteiger charge is -2.21. The molecule has 2 saturated heterocycles. The summed E-state index contributed by atoms with van der Waals surface area (Å²) in [5.41, 5.74) is 0. The van der Waals surface area contributed by atoms with Crippen LogP contribution in [0, 0.1) is 5.92 Å². The topological polar surface area (TPSA) is 77.9 Å². The highest BCUT2D eigenvalue weighted by Gasteiger charge is 2.49.